The van der Waals surface area contributed by atoms with Gasteiger partial charge in [0.1, 0.15) is 5.82 Å². The second-order valence-corrected chi connectivity index (χ2v) is 10.4. The van der Waals surface area contributed by atoms with Crippen LogP contribution in [0.3, 0.4) is 0 Å². The number of hydrogen-bond acceptors (Lipinski definition) is 6. The number of nitrogens with zero attached hydrogens (tertiary/aromatic N) is 3. The maximum Gasteiger partial charge on any atom is 0.278 e. The Labute approximate surface area is 189 Å². The second-order valence-electron chi connectivity index (χ2n) is 8.40. The maximum atomic E-state index is 11.9. The van der Waals surface area contributed by atoms with Crippen LogP contribution in [0.15, 0.2) is 54.6 Å². The average Bonchev–Trinajstić information content (AvgIpc) is 2.79. The Kier molecular flexibility index (Phi) is 6.88. The van der Waals surface area contributed by atoms with E-state index in [9.17, 15) is 8.42 Å². The van der Waals surface area contributed by atoms with E-state index in [0.717, 1.165) is 48.1 Å². The lowest BCUT2D eigenvalue weighted by Crippen LogP contribution is -2.39. The zero-order valence-electron chi connectivity index (χ0n) is 18.5. The first kappa shape index (κ1) is 22.4. The summed E-state index contributed by atoms with van der Waals surface area (Å²) in [4.78, 5) is 9.49. The van der Waals surface area contributed by atoms with Crippen LogP contribution in [0.5, 0.6) is 0 Å². The van der Waals surface area contributed by atoms with E-state index in [-0.39, 0.29) is 6.04 Å². The molecule has 1 fully saturated rings. The molecule has 2 aromatic carbocycles. The number of hydrogen-bond donors (Lipinski definition) is 3. The molecule has 1 aliphatic carbocycles. The molecule has 0 unspecified atom stereocenters. The smallest absolute Gasteiger partial charge is 0.278 e. The minimum Gasteiger partial charge on any atom is -0.351 e. The van der Waals surface area contributed by atoms with Crippen LogP contribution in [0, 0.1) is 5.92 Å². The highest BCUT2D eigenvalue weighted by molar-refractivity contribution is 7.87. The highest BCUT2D eigenvalue weighted by atomic mass is 32.2. The minimum absolute atomic E-state index is 0.266. The normalized spacial score (nSPS) is 19.2. The molecule has 0 amide bonds. The van der Waals surface area contributed by atoms with Gasteiger partial charge in [0.15, 0.2) is 0 Å². The molecular weight excluding hydrogens is 424 g/mol. The third kappa shape index (κ3) is 5.53. The van der Waals surface area contributed by atoms with Crippen molar-refractivity contribution in [1.82, 2.24) is 19.0 Å². The van der Waals surface area contributed by atoms with Crippen molar-refractivity contribution < 1.29 is 8.42 Å². The Morgan fingerprint density at radius 1 is 0.938 bits per heavy atom. The molecule has 0 spiro atoms. The van der Waals surface area contributed by atoms with Crippen LogP contribution < -0.4 is 15.4 Å². The molecule has 1 saturated carbocycles. The predicted molar refractivity (Wildman–Crippen MR) is 129 cm³/mol. The first-order valence-corrected chi connectivity index (χ1v) is 12.4. The van der Waals surface area contributed by atoms with E-state index in [1.807, 2.05) is 54.6 Å². The zero-order valence-corrected chi connectivity index (χ0v) is 19.3. The monoisotopic (exact) mass is 454 g/mol. The lowest BCUT2D eigenvalue weighted by atomic mass is 9.86. The first-order chi connectivity index (χ1) is 15.4. The quantitative estimate of drug-likeness (QED) is 0.480. The molecule has 0 radical (unpaired) electrons. The van der Waals surface area contributed by atoms with Gasteiger partial charge in [0.25, 0.3) is 10.2 Å². The van der Waals surface area contributed by atoms with Crippen molar-refractivity contribution >= 4 is 38.6 Å². The molecule has 3 N–H and O–H groups in total. The van der Waals surface area contributed by atoms with Gasteiger partial charge in [-0.1, -0.05) is 30.3 Å². The Hall–Kier alpha value is -2.75. The predicted octanol–water partition coefficient (Wildman–Crippen LogP) is 3.74. The summed E-state index contributed by atoms with van der Waals surface area (Å²) in [7, 11) is -0.300. The summed E-state index contributed by atoms with van der Waals surface area (Å²) in [6.07, 6.45) is 3.81. The number of fused-ring (bicyclic) bond motifs is 1. The van der Waals surface area contributed by atoms with Gasteiger partial charge in [0, 0.05) is 37.8 Å². The largest absolute Gasteiger partial charge is 0.351 e. The Morgan fingerprint density at radius 2 is 1.62 bits per heavy atom. The van der Waals surface area contributed by atoms with Crippen LogP contribution in [0.25, 0.3) is 10.9 Å². The van der Waals surface area contributed by atoms with E-state index >= 15 is 0 Å². The Morgan fingerprint density at radius 3 is 2.34 bits per heavy atom. The van der Waals surface area contributed by atoms with Crippen molar-refractivity contribution in [3.05, 3.63) is 54.6 Å². The molecule has 9 heteroatoms. The molecule has 1 heterocycles. The van der Waals surface area contributed by atoms with Gasteiger partial charge in [-0.05, 0) is 55.9 Å². The maximum absolute atomic E-state index is 11.9. The molecule has 1 aliphatic rings. The molecule has 0 atom stereocenters. The molecule has 4 rings (SSSR count). The first-order valence-electron chi connectivity index (χ1n) is 10.9. The number of benzene rings is 2. The van der Waals surface area contributed by atoms with Crippen molar-refractivity contribution in [2.75, 3.05) is 31.3 Å². The van der Waals surface area contributed by atoms with Crippen LogP contribution in [0.1, 0.15) is 25.7 Å². The molecule has 1 aromatic heterocycles. The van der Waals surface area contributed by atoms with Gasteiger partial charge in [0.2, 0.25) is 5.95 Å². The van der Waals surface area contributed by atoms with Crippen molar-refractivity contribution in [1.29, 1.82) is 0 Å². The van der Waals surface area contributed by atoms with Crippen LogP contribution in [-0.2, 0) is 10.2 Å². The third-order valence-corrected chi connectivity index (χ3v) is 7.35. The Bertz CT molecular complexity index is 1150. The SMILES string of the molecule is CN(C)S(=O)(=O)NC[C@H]1CC[C@H](Nc2nc(Nc3ccccc3)c3ccccc3n2)CC1. The highest BCUT2D eigenvalue weighted by Crippen LogP contribution is 2.28. The van der Waals surface area contributed by atoms with E-state index in [4.69, 9.17) is 9.97 Å². The fourth-order valence-electron chi connectivity index (χ4n) is 3.94. The summed E-state index contributed by atoms with van der Waals surface area (Å²) >= 11 is 0. The van der Waals surface area contributed by atoms with Crippen molar-refractivity contribution in [2.24, 2.45) is 5.92 Å². The fraction of sp³-hybridized carbons (Fsp3) is 0.391. The van der Waals surface area contributed by atoms with Gasteiger partial charge in [0.05, 0.1) is 5.52 Å². The van der Waals surface area contributed by atoms with Gasteiger partial charge in [-0.2, -0.15) is 17.7 Å². The molecule has 0 saturated heterocycles. The van der Waals surface area contributed by atoms with E-state index in [0.29, 0.717) is 18.4 Å². The minimum atomic E-state index is -3.37. The number of nitrogens with one attached hydrogen (secondary N) is 3. The lowest BCUT2D eigenvalue weighted by molar-refractivity contribution is 0.334. The number of rotatable bonds is 8. The van der Waals surface area contributed by atoms with Crippen molar-refractivity contribution in [2.45, 2.75) is 31.7 Å². The lowest BCUT2D eigenvalue weighted by Gasteiger charge is -2.29. The molecule has 32 heavy (non-hydrogen) atoms. The van der Waals surface area contributed by atoms with Crippen molar-refractivity contribution in [3.8, 4) is 0 Å². The van der Waals surface area contributed by atoms with Crippen LogP contribution in [0.2, 0.25) is 0 Å². The summed E-state index contributed by atoms with van der Waals surface area (Å²) in [5.74, 6) is 1.73. The van der Waals surface area contributed by atoms with Gasteiger partial charge in [-0.3, -0.25) is 0 Å². The fourth-order valence-corrected chi connectivity index (χ4v) is 4.64. The van der Waals surface area contributed by atoms with Gasteiger partial charge >= 0.3 is 0 Å². The van der Waals surface area contributed by atoms with E-state index < -0.39 is 10.2 Å². The number of aromatic nitrogens is 2. The van der Waals surface area contributed by atoms with E-state index in [1.165, 1.54) is 18.4 Å². The summed E-state index contributed by atoms with van der Waals surface area (Å²) in [6.45, 7) is 0.477. The van der Waals surface area contributed by atoms with E-state index in [1.54, 1.807) is 0 Å². The summed E-state index contributed by atoms with van der Waals surface area (Å²) < 4.78 is 27.8. The molecule has 0 bridgehead atoms. The van der Waals surface area contributed by atoms with Crippen molar-refractivity contribution in [3.63, 3.8) is 0 Å². The van der Waals surface area contributed by atoms with Crippen LogP contribution >= 0.6 is 0 Å². The Balaban J connectivity index is 1.41. The molecule has 3 aromatic rings. The summed E-state index contributed by atoms with van der Waals surface area (Å²) in [6, 6.07) is 18.2. The summed E-state index contributed by atoms with van der Waals surface area (Å²) in [5, 5.41) is 7.88. The average molecular weight is 455 g/mol. The topological polar surface area (TPSA) is 99.3 Å². The van der Waals surface area contributed by atoms with E-state index in [2.05, 4.69) is 15.4 Å². The van der Waals surface area contributed by atoms with Gasteiger partial charge < -0.3 is 10.6 Å². The highest BCUT2D eigenvalue weighted by Gasteiger charge is 2.24. The number of anilines is 3. The second kappa shape index (κ2) is 9.81. The molecule has 0 aliphatic heterocycles. The molecule has 8 nitrogen and oxygen atoms in total. The molecular formula is C23H30N6O2S. The van der Waals surface area contributed by atoms with Gasteiger partial charge in [-0.25, -0.2) is 9.71 Å². The molecule has 170 valence electrons. The third-order valence-electron chi connectivity index (χ3n) is 5.85. The van der Waals surface area contributed by atoms with Crippen LogP contribution in [0.4, 0.5) is 17.5 Å². The zero-order chi connectivity index (χ0) is 22.6. The standard InChI is InChI=1S/C23H30N6O2S/c1-29(2)32(30,31)24-16-17-12-14-19(15-13-17)26-23-27-21-11-7-6-10-20(21)22(28-23)25-18-8-4-3-5-9-18/h3-11,17,19,24H,12-16H2,1-2H3,(H2,25,26,27,28)/t17-,19-. The van der Waals surface area contributed by atoms with Gasteiger partial charge in [-0.15, -0.1) is 0 Å². The summed E-state index contributed by atoms with van der Waals surface area (Å²) in [5.41, 5.74) is 1.86. The van der Waals surface area contributed by atoms with Crippen LogP contribution in [-0.4, -0.2) is 49.4 Å². The number of para-hydroxylation sites is 2.